The largest absolute Gasteiger partial charge is 0.173 e. The summed E-state index contributed by atoms with van der Waals surface area (Å²) in [6.07, 6.45) is 0. The first-order valence-corrected chi connectivity index (χ1v) is 4.20. The van der Waals surface area contributed by atoms with E-state index >= 15 is 0 Å². The molecule has 0 aliphatic rings. The van der Waals surface area contributed by atoms with Crippen molar-refractivity contribution in [1.29, 1.82) is 0 Å². The Kier molecular flexibility index (Phi) is 2.49. The molecule has 1 heterocycles. The fourth-order valence-corrected chi connectivity index (χ4v) is 1.22. The van der Waals surface area contributed by atoms with Crippen LogP contribution in [0.4, 0.5) is 0 Å². The minimum Gasteiger partial charge on any atom is -0.173 e. The fraction of sp³-hybridized carbons (Fsp3) is 0.500. The molecule has 0 N–H and O–H groups in total. The predicted molar refractivity (Wildman–Crippen MR) is 48.9 cm³/mol. The van der Waals surface area contributed by atoms with E-state index in [-0.39, 0.29) is 0 Å². The average Bonchev–Trinajstić information content (AvgIpc) is 2.01. The van der Waals surface area contributed by atoms with Gasteiger partial charge >= 0.3 is 0 Å². The molecular weight excluding hydrogens is 156 g/mol. The van der Waals surface area contributed by atoms with Crippen molar-refractivity contribution in [3.63, 3.8) is 0 Å². The maximum absolute atomic E-state index is 4.16. The van der Waals surface area contributed by atoms with Crippen LogP contribution >= 0.6 is 12.6 Å². The Morgan fingerprint density at radius 2 is 1.73 bits per heavy atom. The number of aryl methyl sites for hydroxylation is 1. The van der Waals surface area contributed by atoms with Gasteiger partial charge in [0.05, 0.1) is 11.4 Å². The molecule has 0 unspecified atom stereocenters. The normalized spacial score (nSPS) is 10.2. The van der Waals surface area contributed by atoms with E-state index in [9.17, 15) is 0 Å². The van der Waals surface area contributed by atoms with Crippen molar-refractivity contribution in [3.05, 3.63) is 22.5 Å². The lowest BCUT2D eigenvalue weighted by atomic mass is 10.1. The summed E-state index contributed by atoms with van der Waals surface area (Å²) in [5.74, 6) is 0.667. The number of hydrogen-bond donors (Lipinski definition) is 1. The Bertz CT molecular complexity index is 271. The summed E-state index contributed by atoms with van der Waals surface area (Å²) >= 11 is 4.16. The number of nitrogens with zero attached hydrogens (tertiary/aromatic N) is 2. The molecule has 0 saturated heterocycles. The number of rotatable bonds is 1. The summed E-state index contributed by atoms with van der Waals surface area (Å²) in [4.78, 5) is 0. The topological polar surface area (TPSA) is 25.8 Å². The third-order valence-electron chi connectivity index (χ3n) is 2.01. The van der Waals surface area contributed by atoms with Gasteiger partial charge in [-0.2, -0.15) is 22.8 Å². The highest BCUT2D eigenvalue weighted by atomic mass is 32.1. The smallest absolute Gasteiger partial charge is 0.0759 e. The van der Waals surface area contributed by atoms with E-state index < -0.39 is 0 Å². The minimum absolute atomic E-state index is 0.667. The molecule has 0 atom stereocenters. The quantitative estimate of drug-likeness (QED) is 0.647. The van der Waals surface area contributed by atoms with Crippen molar-refractivity contribution in [1.82, 2.24) is 10.2 Å². The lowest BCUT2D eigenvalue weighted by Gasteiger charge is -2.05. The van der Waals surface area contributed by atoms with Gasteiger partial charge in [0, 0.05) is 5.75 Å². The zero-order valence-corrected chi connectivity index (χ0v) is 7.94. The van der Waals surface area contributed by atoms with Gasteiger partial charge in [-0.3, -0.25) is 0 Å². The Labute approximate surface area is 72.5 Å². The molecule has 0 aromatic carbocycles. The summed E-state index contributed by atoms with van der Waals surface area (Å²) in [5.41, 5.74) is 4.43. The van der Waals surface area contributed by atoms with Crippen LogP contribution in [0.5, 0.6) is 0 Å². The van der Waals surface area contributed by atoms with Crippen molar-refractivity contribution < 1.29 is 0 Å². The standard InChI is InChI=1S/C8H12N2S/c1-5-6(2)8(4-11)10-9-7(5)3/h11H,4H2,1-3H3. The van der Waals surface area contributed by atoms with Crippen LogP contribution in [0.15, 0.2) is 0 Å². The predicted octanol–water partition coefficient (Wildman–Crippen LogP) is 1.83. The summed E-state index contributed by atoms with van der Waals surface area (Å²) < 4.78 is 0. The van der Waals surface area contributed by atoms with Crippen LogP contribution < -0.4 is 0 Å². The molecule has 3 heteroatoms. The molecule has 1 aromatic rings. The number of thiol groups is 1. The van der Waals surface area contributed by atoms with Gasteiger partial charge in [0.25, 0.3) is 0 Å². The summed E-state index contributed by atoms with van der Waals surface area (Å²) in [7, 11) is 0. The van der Waals surface area contributed by atoms with E-state index in [1.54, 1.807) is 0 Å². The first-order valence-electron chi connectivity index (χ1n) is 3.57. The van der Waals surface area contributed by atoms with Gasteiger partial charge in [-0.25, -0.2) is 0 Å². The van der Waals surface area contributed by atoms with Crippen LogP contribution in [-0.4, -0.2) is 10.2 Å². The van der Waals surface area contributed by atoms with Crippen LogP contribution in [0.3, 0.4) is 0 Å². The second kappa shape index (κ2) is 3.22. The average molecular weight is 168 g/mol. The third kappa shape index (κ3) is 1.53. The van der Waals surface area contributed by atoms with Crippen LogP contribution in [-0.2, 0) is 5.75 Å². The van der Waals surface area contributed by atoms with Gasteiger partial charge in [0.15, 0.2) is 0 Å². The van der Waals surface area contributed by atoms with E-state index in [0.29, 0.717) is 5.75 Å². The highest BCUT2D eigenvalue weighted by Crippen LogP contribution is 2.13. The molecular formula is C8H12N2S. The van der Waals surface area contributed by atoms with Gasteiger partial charge < -0.3 is 0 Å². The van der Waals surface area contributed by atoms with E-state index in [2.05, 4.69) is 36.7 Å². The van der Waals surface area contributed by atoms with Crippen molar-refractivity contribution in [3.8, 4) is 0 Å². The Hall–Kier alpha value is -0.570. The molecule has 0 saturated carbocycles. The van der Waals surface area contributed by atoms with Crippen LogP contribution in [0, 0.1) is 20.8 Å². The molecule has 0 aliphatic heterocycles. The Morgan fingerprint density at radius 1 is 1.09 bits per heavy atom. The second-order valence-electron chi connectivity index (χ2n) is 2.64. The van der Waals surface area contributed by atoms with Crippen molar-refractivity contribution in [2.75, 3.05) is 0 Å². The van der Waals surface area contributed by atoms with E-state index in [4.69, 9.17) is 0 Å². The van der Waals surface area contributed by atoms with Crippen LogP contribution in [0.25, 0.3) is 0 Å². The van der Waals surface area contributed by atoms with Gasteiger partial charge in [-0.05, 0) is 31.9 Å². The maximum atomic E-state index is 4.16. The molecule has 0 bridgehead atoms. The van der Waals surface area contributed by atoms with E-state index in [1.165, 1.54) is 11.1 Å². The van der Waals surface area contributed by atoms with Gasteiger partial charge in [0.2, 0.25) is 0 Å². The van der Waals surface area contributed by atoms with Crippen LogP contribution in [0.1, 0.15) is 22.5 Å². The minimum atomic E-state index is 0.667. The molecule has 0 spiro atoms. The molecule has 0 fully saturated rings. The zero-order chi connectivity index (χ0) is 8.43. The number of aromatic nitrogens is 2. The van der Waals surface area contributed by atoms with Gasteiger partial charge in [-0.15, -0.1) is 0 Å². The Morgan fingerprint density at radius 3 is 2.27 bits per heavy atom. The van der Waals surface area contributed by atoms with Crippen molar-refractivity contribution in [2.24, 2.45) is 0 Å². The van der Waals surface area contributed by atoms with Crippen molar-refractivity contribution >= 4 is 12.6 Å². The molecule has 60 valence electrons. The second-order valence-corrected chi connectivity index (χ2v) is 2.96. The SMILES string of the molecule is Cc1nnc(CS)c(C)c1C. The van der Waals surface area contributed by atoms with Gasteiger partial charge in [-0.1, -0.05) is 0 Å². The summed E-state index contributed by atoms with van der Waals surface area (Å²) in [6, 6.07) is 0. The molecule has 0 aliphatic carbocycles. The molecule has 11 heavy (non-hydrogen) atoms. The molecule has 1 rings (SSSR count). The molecule has 0 radical (unpaired) electrons. The first kappa shape index (κ1) is 8.53. The maximum Gasteiger partial charge on any atom is 0.0759 e. The zero-order valence-electron chi connectivity index (χ0n) is 7.05. The monoisotopic (exact) mass is 168 g/mol. The van der Waals surface area contributed by atoms with Gasteiger partial charge in [0.1, 0.15) is 0 Å². The number of hydrogen-bond acceptors (Lipinski definition) is 3. The third-order valence-corrected chi connectivity index (χ3v) is 2.31. The van der Waals surface area contributed by atoms with Crippen LogP contribution in [0.2, 0.25) is 0 Å². The molecule has 0 amide bonds. The summed E-state index contributed by atoms with van der Waals surface area (Å²) in [6.45, 7) is 6.09. The first-order chi connectivity index (χ1) is 5.16. The molecule has 1 aromatic heterocycles. The Balaban J connectivity index is 3.25. The lowest BCUT2D eigenvalue weighted by molar-refractivity contribution is 0.899. The fourth-order valence-electron chi connectivity index (χ4n) is 0.923. The lowest BCUT2D eigenvalue weighted by Crippen LogP contribution is -2.00. The summed E-state index contributed by atoms with van der Waals surface area (Å²) in [5, 5.41) is 8.04. The highest BCUT2D eigenvalue weighted by Gasteiger charge is 2.03. The molecule has 2 nitrogen and oxygen atoms in total. The van der Waals surface area contributed by atoms with E-state index in [1.807, 2.05) is 6.92 Å². The van der Waals surface area contributed by atoms with Crippen molar-refractivity contribution in [2.45, 2.75) is 26.5 Å². The van der Waals surface area contributed by atoms with E-state index in [0.717, 1.165) is 11.4 Å². The highest BCUT2D eigenvalue weighted by molar-refractivity contribution is 7.79.